The van der Waals surface area contributed by atoms with Crippen LogP contribution in [0.15, 0.2) is 24.4 Å². The largest absolute Gasteiger partial charge is 0.481 e. The van der Waals surface area contributed by atoms with Crippen molar-refractivity contribution in [1.29, 1.82) is 0 Å². The van der Waals surface area contributed by atoms with Crippen LogP contribution in [0.4, 0.5) is 0 Å². The second-order valence-electron chi connectivity index (χ2n) is 3.99. The lowest BCUT2D eigenvalue weighted by molar-refractivity contribution is -0.138. The molecule has 0 aliphatic heterocycles. The molecular weight excluding hydrogens is 240 g/mol. The Morgan fingerprint density at radius 3 is 2.88 bits per heavy atom. The Balaban J connectivity index is 2.57. The molecule has 0 bridgehead atoms. The quantitative estimate of drug-likeness (QED) is 0.877. The van der Waals surface area contributed by atoms with Gasteiger partial charge in [0.15, 0.2) is 0 Å². The number of hydrogen-bond acceptors (Lipinski definition) is 2. The molecule has 1 heterocycles. The van der Waals surface area contributed by atoms with Crippen LogP contribution in [0, 0.1) is 0 Å². The number of carboxylic acid groups (broad SMARTS) is 1. The molecular formula is C12H13ClN2O2. The number of benzene rings is 1. The van der Waals surface area contributed by atoms with Crippen molar-refractivity contribution in [3.63, 3.8) is 0 Å². The van der Waals surface area contributed by atoms with Gasteiger partial charge in [0.1, 0.15) is 0 Å². The second-order valence-corrected chi connectivity index (χ2v) is 4.40. The first kappa shape index (κ1) is 12.0. The SMILES string of the molecule is Cn1cc(Cl)c2ccc(C(CN)C(=O)O)cc21. The predicted molar refractivity (Wildman–Crippen MR) is 67.4 cm³/mol. The molecule has 3 N–H and O–H groups in total. The van der Waals surface area contributed by atoms with E-state index in [0.29, 0.717) is 10.6 Å². The Kier molecular flexibility index (Phi) is 3.09. The summed E-state index contributed by atoms with van der Waals surface area (Å²) < 4.78 is 1.87. The summed E-state index contributed by atoms with van der Waals surface area (Å²) in [4.78, 5) is 11.0. The summed E-state index contributed by atoms with van der Waals surface area (Å²) in [7, 11) is 1.87. The van der Waals surface area contributed by atoms with Gasteiger partial charge in [-0.1, -0.05) is 23.7 Å². The molecule has 0 fully saturated rings. The van der Waals surface area contributed by atoms with Crippen molar-refractivity contribution in [2.24, 2.45) is 12.8 Å². The summed E-state index contributed by atoms with van der Waals surface area (Å²) in [6.45, 7) is 0.0823. The molecule has 2 rings (SSSR count). The lowest BCUT2D eigenvalue weighted by Gasteiger charge is -2.10. The highest BCUT2D eigenvalue weighted by Gasteiger charge is 2.19. The molecule has 1 unspecified atom stereocenters. The molecule has 1 atom stereocenters. The number of nitrogens with zero attached hydrogens (tertiary/aromatic N) is 1. The smallest absolute Gasteiger partial charge is 0.312 e. The first-order valence-corrected chi connectivity index (χ1v) is 5.59. The maximum Gasteiger partial charge on any atom is 0.312 e. The van der Waals surface area contributed by atoms with Crippen LogP contribution in [0.25, 0.3) is 10.9 Å². The summed E-state index contributed by atoms with van der Waals surface area (Å²) in [5.74, 6) is -1.58. The molecule has 1 aromatic heterocycles. The molecule has 4 nitrogen and oxygen atoms in total. The van der Waals surface area contributed by atoms with E-state index in [4.69, 9.17) is 22.4 Å². The zero-order chi connectivity index (χ0) is 12.6. The second kappa shape index (κ2) is 4.39. The summed E-state index contributed by atoms with van der Waals surface area (Å²) in [6, 6.07) is 5.42. The standard InChI is InChI=1S/C12H13ClN2O2/c1-15-6-10(13)8-3-2-7(4-11(8)15)9(5-14)12(16)17/h2-4,6,9H,5,14H2,1H3,(H,16,17). The van der Waals surface area contributed by atoms with E-state index >= 15 is 0 Å². The highest BCUT2D eigenvalue weighted by molar-refractivity contribution is 6.35. The maximum atomic E-state index is 11.0. The summed E-state index contributed by atoms with van der Waals surface area (Å²) in [5, 5.41) is 10.6. The normalized spacial score (nSPS) is 12.9. The van der Waals surface area contributed by atoms with Gasteiger partial charge in [-0.3, -0.25) is 4.79 Å². The fourth-order valence-corrected chi connectivity index (χ4v) is 2.25. The monoisotopic (exact) mass is 252 g/mol. The number of aliphatic carboxylic acids is 1. The van der Waals surface area contributed by atoms with Crippen molar-refractivity contribution in [1.82, 2.24) is 4.57 Å². The molecule has 0 radical (unpaired) electrons. The average molecular weight is 253 g/mol. The Morgan fingerprint density at radius 2 is 2.29 bits per heavy atom. The third kappa shape index (κ3) is 2.01. The van der Waals surface area contributed by atoms with E-state index in [2.05, 4.69) is 0 Å². The van der Waals surface area contributed by atoms with E-state index in [9.17, 15) is 4.79 Å². The highest BCUT2D eigenvalue weighted by atomic mass is 35.5. The van der Waals surface area contributed by atoms with E-state index in [0.717, 1.165) is 10.9 Å². The number of halogens is 1. The van der Waals surface area contributed by atoms with E-state index in [-0.39, 0.29) is 6.54 Å². The minimum atomic E-state index is -0.910. The number of aromatic nitrogens is 1. The van der Waals surface area contributed by atoms with Gasteiger partial charge in [-0.05, 0) is 11.6 Å². The first-order chi connectivity index (χ1) is 8.04. The van der Waals surface area contributed by atoms with Crippen molar-refractivity contribution in [2.75, 3.05) is 6.54 Å². The van der Waals surface area contributed by atoms with Gasteiger partial charge in [0.25, 0.3) is 0 Å². The van der Waals surface area contributed by atoms with Gasteiger partial charge in [0.2, 0.25) is 0 Å². The molecule has 0 saturated carbocycles. The molecule has 5 heteroatoms. The number of hydrogen-bond donors (Lipinski definition) is 2. The average Bonchev–Trinajstić information content (AvgIpc) is 2.55. The van der Waals surface area contributed by atoms with E-state index in [1.807, 2.05) is 23.7 Å². The number of rotatable bonds is 3. The van der Waals surface area contributed by atoms with Crippen LogP contribution in [0.5, 0.6) is 0 Å². The highest BCUT2D eigenvalue weighted by Crippen LogP contribution is 2.28. The number of nitrogens with two attached hydrogens (primary N) is 1. The lowest BCUT2D eigenvalue weighted by atomic mass is 9.98. The fourth-order valence-electron chi connectivity index (χ4n) is 1.95. The van der Waals surface area contributed by atoms with Crippen LogP contribution < -0.4 is 5.73 Å². The zero-order valence-corrected chi connectivity index (χ0v) is 10.1. The zero-order valence-electron chi connectivity index (χ0n) is 9.35. The summed E-state index contributed by atoms with van der Waals surface area (Å²) in [5.41, 5.74) is 7.09. The molecule has 0 amide bonds. The summed E-state index contributed by atoms with van der Waals surface area (Å²) >= 11 is 6.04. The Bertz CT molecular complexity index is 577. The van der Waals surface area contributed by atoms with Crippen molar-refractivity contribution in [2.45, 2.75) is 5.92 Å². The van der Waals surface area contributed by atoms with Gasteiger partial charge in [0, 0.05) is 30.7 Å². The van der Waals surface area contributed by atoms with Crippen LogP contribution in [0.3, 0.4) is 0 Å². The Hall–Kier alpha value is -1.52. The van der Waals surface area contributed by atoms with Gasteiger partial charge < -0.3 is 15.4 Å². The molecule has 0 spiro atoms. The molecule has 0 saturated heterocycles. The third-order valence-electron chi connectivity index (χ3n) is 2.90. The number of carbonyl (C=O) groups is 1. The van der Waals surface area contributed by atoms with E-state index < -0.39 is 11.9 Å². The van der Waals surface area contributed by atoms with Crippen molar-refractivity contribution in [3.05, 3.63) is 35.0 Å². The molecule has 17 heavy (non-hydrogen) atoms. The van der Waals surface area contributed by atoms with Crippen LogP contribution in [-0.2, 0) is 11.8 Å². The molecule has 1 aromatic carbocycles. The number of carboxylic acids is 1. The minimum absolute atomic E-state index is 0.0823. The van der Waals surface area contributed by atoms with Gasteiger partial charge in [-0.15, -0.1) is 0 Å². The molecule has 0 aliphatic rings. The van der Waals surface area contributed by atoms with Crippen LogP contribution >= 0.6 is 11.6 Å². The van der Waals surface area contributed by atoms with Gasteiger partial charge in [0.05, 0.1) is 10.9 Å². The Morgan fingerprint density at radius 1 is 1.59 bits per heavy atom. The third-order valence-corrected chi connectivity index (χ3v) is 3.20. The topological polar surface area (TPSA) is 68.2 Å². The van der Waals surface area contributed by atoms with Crippen molar-refractivity contribution >= 4 is 28.5 Å². The maximum absolute atomic E-state index is 11.0. The van der Waals surface area contributed by atoms with Crippen LogP contribution in [0.2, 0.25) is 5.02 Å². The fraction of sp³-hybridized carbons (Fsp3) is 0.250. The first-order valence-electron chi connectivity index (χ1n) is 5.22. The molecule has 2 aromatic rings. The summed E-state index contributed by atoms with van der Waals surface area (Å²) in [6.07, 6.45) is 1.80. The lowest BCUT2D eigenvalue weighted by Crippen LogP contribution is -2.21. The number of aryl methyl sites for hydroxylation is 1. The van der Waals surface area contributed by atoms with Crippen molar-refractivity contribution < 1.29 is 9.90 Å². The van der Waals surface area contributed by atoms with Gasteiger partial charge >= 0.3 is 5.97 Å². The number of fused-ring (bicyclic) bond motifs is 1. The van der Waals surface area contributed by atoms with E-state index in [1.54, 1.807) is 12.3 Å². The van der Waals surface area contributed by atoms with Gasteiger partial charge in [-0.2, -0.15) is 0 Å². The Labute approximate surface area is 104 Å². The van der Waals surface area contributed by atoms with Crippen LogP contribution in [0.1, 0.15) is 11.5 Å². The molecule has 0 aliphatic carbocycles. The molecule has 90 valence electrons. The minimum Gasteiger partial charge on any atom is -0.481 e. The van der Waals surface area contributed by atoms with E-state index in [1.165, 1.54) is 0 Å². The predicted octanol–water partition coefficient (Wildman–Crippen LogP) is 1.96. The van der Waals surface area contributed by atoms with Crippen LogP contribution in [-0.4, -0.2) is 22.2 Å². The van der Waals surface area contributed by atoms with Gasteiger partial charge in [-0.25, -0.2) is 0 Å². The van der Waals surface area contributed by atoms with Crippen molar-refractivity contribution in [3.8, 4) is 0 Å².